The molecule has 0 aliphatic carbocycles. The quantitative estimate of drug-likeness (QED) is 0.768. The molecule has 4 nitrogen and oxygen atoms in total. The Labute approximate surface area is 146 Å². The first-order chi connectivity index (χ1) is 11.0. The van der Waals surface area contributed by atoms with Crippen molar-refractivity contribution in [2.45, 2.75) is 6.42 Å². The molecular formula is C17H14FIN2O2. The van der Waals surface area contributed by atoms with Gasteiger partial charge in [0, 0.05) is 22.2 Å². The lowest BCUT2D eigenvalue weighted by atomic mass is 10.1. The largest absolute Gasteiger partial charge is 0.325 e. The highest BCUT2D eigenvalue weighted by atomic mass is 127. The van der Waals surface area contributed by atoms with Gasteiger partial charge in [-0.25, -0.2) is 4.39 Å². The van der Waals surface area contributed by atoms with E-state index in [4.69, 9.17) is 0 Å². The molecule has 1 aliphatic rings. The Morgan fingerprint density at radius 2 is 1.87 bits per heavy atom. The highest BCUT2D eigenvalue weighted by molar-refractivity contribution is 14.1. The van der Waals surface area contributed by atoms with Gasteiger partial charge in [0.1, 0.15) is 5.82 Å². The Bertz CT molecular complexity index is 749. The van der Waals surface area contributed by atoms with Gasteiger partial charge in [-0.05, 0) is 59.0 Å². The first-order valence-electron chi connectivity index (χ1n) is 7.16. The SMILES string of the molecule is O=C(Nc1ccccc1I)[C@H]1CC(=O)N(c2ccc(F)cc2)C1. The van der Waals surface area contributed by atoms with Gasteiger partial charge in [-0.3, -0.25) is 9.59 Å². The fourth-order valence-electron chi connectivity index (χ4n) is 2.55. The summed E-state index contributed by atoms with van der Waals surface area (Å²) in [7, 11) is 0. The van der Waals surface area contributed by atoms with E-state index < -0.39 is 5.92 Å². The molecule has 1 atom stereocenters. The van der Waals surface area contributed by atoms with E-state index in [1.165, 1.54) is 17.0 Å². The molecule has 1 N–H and O–H groups in total. The average Bonchev–Trinajstić information content (AvgIpc) is 2.92. The Hall–Kier alpha value is -1.96. The van der Waals surface area contributed by atoms with Gasteiger partial charge in [-0.15, -0.1) is 0 Å². The van der Waals surface area contributed by atoms with Crippen LogP contribution in [0.25, 0.3) is 0 Å². The van der Waals surface area contributed by atoms with E-state index in [-0.39, 0.29) is 24.1 Å². The van der Waals surface area contributed by atoms with E-state index in [2.05, 4.69) is 27.9 Å². The number of hydrogen-bond acceptors (Lipinski definition) is 2. The van der Waals surface area contributed by atoms with Crippen LogP contribution < -0.4 is 10.2 Å². The molecule has 6 heteroatoms. The minimum absolute atomic E-state index is 0.125. The van der Waals surface area contributed by atoms with Crippen LogP contribution in [0.5, 0.6) is 0 Å². The third-order valence-corrected chi connectivity index (χ3v) is 4.71. The first kappa shape index (κ1) is 15.9. The van der Waals surface area contributed by atoms with E-state index in [9.17, 15) is 14.0 Å². The number of rotatable bonds is 3. The van der Waals surface area contributed by atoms with Crippen LogP contribution in [0.3, 0.4) is 0 Å². The molecule has 0 spiro atoms. The Balaban J connectivity index is 1.71. The highest BCUT2D eigenvalue weighted by Gasteiger charge is 2.35. The minimum atomic E-state index is -0.413. The van der Waals surface area contributed by atoms with Crippen LogP contribution in [-0.4, -0.2) is 18.4 Å². The average molecular weight is 424 g/mol. The van der Waals surface area contributed by atoms with Crippen LogP contribution in [0, 0.1) is 15.3 Å². The Morgan fingerprint density at radius 1 is 1.17 bits per heavy atom. The maximum Gasteiger partial charge on any atom is 0.229 e. The van der Waals surface area contributed by atoms with Crippen molar-refractivity contribution in [2.75, 3.05) is 16.8 Å². The molecule has 23 heavy (non-hydrogen) atoms. The van der Waals surface area contributed by atoms with Gasteiger partial charge in [-0.2, -0.15) is 0 Å². The van der Waals surface area contributed by atoms with Crippen LogP contribution in [0.15, 0.2) is 48.5 Å². The number of benzene rings is 2. The van der Waals surface area contributed by atoms with E-state index >= 15 is 0 Å². The summed E-state index contributed by atoms with van der Waals surface area (Å²) in [5, 5.41) is 2.87. The Kier molecular flexibility index (Phi) is 4.61. The van der Waals surface area contributed by atoms with Crippen LogP contribution in [0.4, 0.5) is 15.8 Å². The van der Waals surface area contributed by atoms with Gasteiger partial charge in [0.05, 0.1) is 11.6 Å². The predicted octanol–water partition coefficient (Wildman–Crippen LogP) is 3.42. The molecule has 118 valence electrons. The lowest BCUT2D eigenvalue weighted by Gasteiger charge is -2.16. The van der Waals surface area contributed by atoms with Crippen LogP contribution in [0.2, 0.25) is 0 Å². The van der Waals surface area contributed by atoms with Gasteiger partial charge >= 0.3 is 0 Å². The predicted molar refractivity (Wildman–Crippen MR) is 94.6 cm³/mol. The summed E-state index contributed by atoms with van der Waals surface area (Å²) in [6, 6.07) is 13.2. The number of amides is 2. The molecule has 0 unspecified atom stereocenters. The third kappa shape index (κ3) is 3.52. The molecule has 2 aromatic rings. The number of nitrogens with one attached hydrogen (secondary N) is 1. The summed E-state index contributed by atoms with van der Waals surface area (Å²) in [4.78, 5) is 26.1. The summed E-state index contributed by atoms with van der Waals surface area (Å²) in [5.74, 6) is -1.07. The molecule has 1 heterocycles. The minimum Gasteiger partial charge on any atom is -0.325 e. The molecule has 0 radical (unpaired) electrons. The van der Waals surface area contributed by atoms with Crippen molar-refractivity contribution >= 4 is 45.8 Å². The van der Waals surface area contributed by atoms with Gasteiger partial charge in [0.25, 0.3) is 0 Å². The smallest absolute Gasteiger partial charge is 0.229 e. The van der Waals surface area contributed by atoms with E-state index in [1.807, 2.05) is 24.3 Å². The third-order valence-electron chi connectivity index (χ3n) is 3.77. The number of para-hydroxylation sites is 1. The van der Waals surface area contributed by atoms with E-state index in [1.54, 1.807) is 12.1 Å². The molecule has 0 bridgehead atoms. The van der Waals surface area contributed by atoms with Crippen molar-refractivity contribution in [1.82, 2.24) is 0 Å². The number of halogens is 2. The normalized spacial score (nSPS) is 17.4. The van der Waals surface area contributed by atoms with Crippen molar-refractivity contribution in [3.63, 3.8) is 0 Å². The van der Waals surface area contributed by atoms with Crippen molar-refractivity contribution in [1.29, 1.82) is 0 Å². The molecular weight excluding hydrogens is 410 g/mol. The zero-order chi connectivity index (χ0) is 16.4. The second-order valence-electron chi connectivity index (χ2n) is 5.35. The van der Waals surface area contributed by atoms with Crippen LogP contribution in [0.1, 0.15) is 6.42 Å². The standard InChI is InChI=1S/C17H14FIN2O2/c18-12-5-7-13(8-6-12)21-10-11(9-16(21)22)17(23)20-15-4-2-1-3-14(15)19/h1-8,11H,9-10H2,(H,20,23)/t11-/m0/s1. The molecule has 1 fully saturated rings. The first-order valence-corrected chi connectivity index (χ1v) is 8.24. The van der Waals surface area contributed by atoms with Crippen molar-refractivity contribution in [2.24, 2.45) is 5.92 Å². The summed E-state index contributed by atoms with van der Waals surface area (Å²) in [6.07, 6.45) is 0.159. The highest BCUT2D eigenvalue weighted by Crippen LogP contribution is 2.27. The molecule has 2 aromatic carbocycles. The second kappa shape index (κ2) is 6.66. The molecule has 0 saturated carbocycles. The fraction of sp³-hybridized carbons (Fsp3) is 0.176. The maximum atomic E-state index is 13.0. The number of hydrogen-bond donors (Lipinski definition) is 1. The fourth-order valence-corrected chi connectivity index (χ4v) is 3.07. The van der Waals surface area contributed by atoms with Crippen molar-refractivity contribution in [3.8, 4) is 0 Å². The number of nitrogens with zero attached hydrogens (tertiary/aromatic N) is 1. The summed E-state index contributed by atoms with van der Waals surface area (Å²) in [6.45, 7) is 0.305. The van der Waals surface area contributed by atoms with Crippen molar-refractivity contribution in [3.05, 3.63) is 57.9 Å². The summed E-state index contributed by atoms with van der Waals surface area (Å²) < 4.78 is 13.9. The molecule has 1 saturated heterocycles. The topological polar surface area (TPSA) is 49.4 Å². The zero-order valence-corrected chi connectivity index (χ0v) is 14.3. The molecule has 1 aliphatic heterocycles. The van der Waals surface area contributed by atoms with Gasteiger partial charge in [0.15, 0.2) is 0 Å². The summed E-state index contributed by atoms with van der Waals surface area (Å²) in [5.41, 5.74) is 1.35. The Morgan fingerprint density at radius 3 is 2.57 bits per heavy atom. The summed E-state index contributed by atoms with van der Waals surface area (Å²) >= 11 is 2.15. The van der Waals surface area contributed by atoms with Gasteiger partial charge in [0.2, 0.25) is 11.8 Å². The van der Waals surface area contributed by atoms with Gasteiger partial charge < -0.3 is 10.2 Å². The van der Waals surface area contributed by atoms with E-state index in [0.717, 1.165) is 9.26 Å². The number of carbonyl (C=O) groups is 2. The molecule has 3 rings (SSSR count). The molecule has 0 aromatic heterocycles. The molecule has 2 amide bonds. The van der Waals surface area contributed by atoms with Crippen LogP contribution >= 0.6 is 22.6 Å². The zero-order valence-electron chi connectivity index (χ0n) is 12.1. The van der Waals surface area contributed by atoms with Gasteiger partial charge in [-0.1, -0.05) is 12.1 Å². The lowest BCUT2D eigenvalue weighted by molar-refractivity contribution is -0.122. The maximum absolute atomic E-state index is 13.0. The second-order valence-corrected chi connectivity index (χ2v) is 6.51. The lowest BCUT2D eigenvalue weighted by Crippen LogP contribution is -2.28. The van der Waals surface area contributed by atoms with E-state index in [0.29, 0.717) is 12.2 Å². The van der Waals surface area contributed by atoms with Crippen LogP contribution in [-0.2, 0) is 9.59 Å². The van der Waals surface area contributed by atoms with Crippen molar-refractivity contribution < 1.29 is 14.0 Å². The number of carbonyl (C=O) groups excluding carboxylic acids is 2. The number of anilines is 2. The monoisotopic (exact) mass is 424 g/mol.